The van der Waals surface area contributed by atoms with E-state index in [1.165, 1.54) is 31.2 Å². The van der Waals surface area contributed by atoms with Crippen LogP contribution in [-0.4, -0.2) is 11.7 Å². The van der Waals surface area contributed by atoms with Crippen molar-refractivity contribution in [1.29, 1.82) is 0 Å². The Kier molecular flexibility index (Phi) is 7.49. The minimum atomic E-state index is 0.720. The molecular weight excluding hydrogens is 252 g/mol. The fraction of sp³-hybridized carbons (Fsp3) is 0.562. The number of nitrogens with one attached hydrogen (secondary N) is 2. The van der Waals surface area contributed by atoms with Crippen molar-refractivity contribution < 1.29 is 0 Å². The molecule has 0 heterocycles. The van der Waals surface area contributed by atoms with Gasteiger partial charge in [-0.15, -0.1) is 0 Å². The third-order valence-electron chi connectivity index (χ3n) is 3.37. The van der Waals surface area contributed by atoms with E-state index in [9.17, 15) is 0 Å². The van der Waals surface area contributed by atoms with Gasteiger partial charge in [-0.05, 0) is 49.2 Å². The molecule has 0 saturated carbocycles. The minimum Gasteiger partial charge on any atom is -0.362 e. The summed E-state index contributed by atoms with van der Waals surface area (Å²) in [5.41, 5.74) is 2.29. The molecule has 2 N–H and O–H groups in total. The van der Waals surface area contributed by atoms with Crippen LogP contribution in [0.25, 0.3) is 0 Å². The largest absolute Gasteiger partial charge is 0.362 e. The normalized spacial score (nSPS) is 11.9. The minimum absolute atomic E-state index is 0.720. The van der Waals surface area contributed by atoms with Gasteiger partial charge in [0.2, 0.25) is 0 Å². The summed E-state index contributed by atoms with van der Waals surface area (Å²) in [5.74, 6) is 0.720. The Labute approximate surface area is 123 Å². The van der Waals surface area contributed by atoms with Gasteiger partial charge in [0.05, 0.1) is 0 Å². The second-order valence-electron chi connectivity index (χ2n) is 5.12. The van der Waals surface area contributed by atoms with E-state index < -0.39 is 0 Å². The zero-order valence-electron chi connectivity index (χ0n) is 12.3. The number of aryl methyl sites for hydroxylation is 1. The Morgan fingerprint density at radius 1 is 1.32 bits per heavy atom. The molecule has 0 aliphatic heterocycles. The Bertz CT molecular complexity index is 390. The van der Waals surface area contributed by atoms with E-state index in [1.54, 1.807) is 0 Å². The van der Waals surface area contributed by atoms with Crippen molar-refractivity contribution in [3.63, 3.8) is 0 Å². The van der Waals surface area contributed by atoms with Crippen LogP contribution in [0.4, 0.5) is 5.69 Å². The summed E-state index contributed by atoms with van der Waals surface area (Å²) in [4.78, 5) is 0. The molecule has 0 bridgehead atoms. The predicted molar refractivity (Wildman–Crippen MR) is 88.7 cm³/mol. The van der Waals surface area contributed by atoms with Crippen LogP contribution in [0, 0.1) is 12.8 Å². The van der Waals surface area contributed by atoms with E-state index in [4.69, 9.17) is 12.2 Å². The van der Waals surface area contributed by atoms with Crippen LogP contribution < -0.4 is 10.6 Å². The molecule has 1 rings (SSSR count). The van der Waals surface area contributed by atoms with Crippen LogP contribution in [0.1, 0.15) is 45.1 Å². The zero-order chi connectivity index (χ0) is 14.1. The number of thiocarbonyl (C=S) groups is 1. The maximum atomic E-state index is 5.34. The molecule has 1 atom stereocenters. The topological polar surface area (TPSA) is 24.1 Å². The summed E-state index contributed by atoms with van der Waals surface area (Å²) >= 11 is 5.34. The van der Waals surface area contributed by atoms with E-state index in [2.05, 4.69) is 43.5 Å². The molecule has 0 aliphatic carbocycles. The standard InChI is InChI=1S/C16H26N2S/c1-4-6-9-14(5-2)12-17-16(19)18-15-10-7-8-13(3)11-15/h7-8,10-11,14H,4-6,9,12H2,1-3H3,(H2,17,18,19). The van der Waals surface area contributed by atoms with Crippen molar-refractivity contribution in [3.05, 3.63) is 29.8 Å². The molecule has 19 heavy (non-hydrogen) atoms. The first kappa shape index (κ1) is 16.0. The van der Waals surface area contributed by atoms with Gasteiger partial charge in [0.15, 0.2) is 5.11 Å². The fourth-order valence-electron chi connectivity index (χ4n) is 2.08. The molecule has 0 amide bonds. The highest BCUT2D eigenvalue weighted by molar-refractivity contribution is 7.80. The first-order chi connectivity index (χ1) is 9.15. The monoisotopic (exact) mass is 278 g/mol. The molecule has 0 saturated heterocycles. The van der Waals surface area contributed by atoms with Gasteiger partial charge >= 0.3 is 0 Å². The van der Waals surface area contributed by atoms with Crippen LogP contribution in [0.15, 0.2) is 24.3 Å². The lowest BCUT2D eigenvalue weighted by molar-refractivity contribution is 0.446. The smallest absolute Gasteiger partial charge is 0.170 e. The molecule has 0 fully saturated rings. The lowest BCUT2D eigenvalue weighted by atomic mass is 9.99. The van der Waals surface area contributed by atoms with Gasteiger partial charge in [0.1, 0.15) is 0 Å². The molecule has 0 aliphatic rings. The van der Waals surface area contributed by atoms with Crippen LogP contribution >= 0.6 is 12.2 Å². The average Bonchev–Trinajstić information content (AvgIpc) is 2.39. The van der Waals surface area contributed by atoms with Crippen molar-refractivity contribution in [2.75, 3.05) is 11.9 Å². The second-order valence-corrected chi connectivity index (χ2v) is 5.53. The van der Waals surface area contributed by atoms with Crippen molar-refractivity contribution >= 4 is 23.0 Å². The first-order valence-corrected chi connectivity index (χ1v) is 7.68. The summed E-state index contributed by atoms with van der Waals surface area (Å²) in [6.45, 7) is 7.54. The molecular formula is C16H26N2S. The van der Waals surface area contributed by atoms with Gasteiger partial charge in [0.25, 0.3) is 0 Å². The highest BCUT2D eigenvalue weighted by Crippen LogP contribution is 2.12. The number of anilines is 1. The Morgan fingerprint density at radius 2 is 2.11 bits per heavy atom. The van der Waals surface area contributed by atoms with Gasteiger partial charge < -0.3 is 10.6 Å². The molecule has 1 aromatic rings. The number of hydrogen-bond donors (Lipinski definition) is 2. The van der Waals surface area contributed by atoms with Gasteiger partial charge in [-0.25, -0.2) is 0 Å². The quantitative estimate of drug-likeness (QED) is 0.718. The third kappa shape index (κ3) is 6.58. The summed E-state index contributed by atoms with van der Waals surface area (Å²) in [5, 5.41) is 7.29. The van der Waals surface area contributed by atoms with E-state index >= 15 is 0 Å². The number of unbranched alkanes of at least 4 members (excludes halogenated alkanes) is 1. The number of hydrogen-bond acceptors (Lipinski definition) is 1. The van der Waals surface area contributed by atoms with E-state index in [-0.39, 0.29) is 0 Å². The first-order valence-electron chi connectivity index (χ1n) is 7.27. The lowest BCUT2D eigenvalue weighted by Crippen LogP contribution is -2.32. The van der Waals surface area contributed by atoms with Crippen LogP contribution in [0.3, 0.4) is 0 Å². The molecule has 1 aromatic carbocycles. The molecule has 1 unspecified atom stereocenters. The molecule has 0 aromatic heterocycles. The van der Waals surface area contributed by atoms with Crippen molar-refractivity contribution in [2.45, 2.75) is 46.5 Å². The number of rotatable bonds is 7. The SMILES string of the molecule is CCCCC(CC)CNC(=S)Nc1cccc(C)c1. The van der Waals surface area contributed by atoms with Gasteiger partial charge in [-0.2, -0.15) is 0 Å². The summed E-state index contributed by atoms with van der Waals surface area (Å²) in [6.07, 6.45) is 5.06. The predicted octanol–water partition coefficient (Wildman–Crippen LogP) is 4.50. The molecule has 0 spiro atoms. The van der Waals surface area contributed by atoms with E-state index in [0.717, 1.165) is 23.3 Å². The molecule has 3 heteroatoms. The second kappa shape index (κ2) is 8.92. The zero-order valence-corrected chi connectivity index (χ0v) is 13.1. The Hall–Kier alpha value is -1.09. The van der Waals surface area contributed by atoms with Crippen LogP contribution in [-0.2, 0) is 0 Å². The van der Waals surface area contributed by atoms with Gasteiger partial charge in [0, 0.05) is 12.2 Å². The maximum absolute atomic E-state index is 5.34. The Balaban J connectivity index is 2.34. The Morgan fingerprint density at radius 3 is 2.74 bits per heavy atom. The lowest BCUT2D eigenvalue weighted by Gasteiger charge is -2.17. The van der Waals surface area contributed by atoms with Crippen molar-refractivity contribution in [2.24, 2.45) is 5.92 Å². The molecule has 0 radical (unpaired) electrons. The summed E-state index contributed by atoms with van der Waals surface area (Å²) in [7, 11) is 0. The van der Waals surface area contributed by atoms with Crippen molar-refractivity contribution in [3.8, 4) is 0 Å². The van der Waals surface area contributed by atoms with Crippen LogP contribution in [0.5, 0.6) is 0 Å². The molecule has 106 valence electrons. The van der Waals surface area contributed by atoms with E-state index in [1.807, 2.05) is 12.1 Å². The molecule has 2 nitrogen and oxygen atoms in total. The highest BCUT2D eigenvalue weighted by atomic mass is 32.1. The summed E-state index contributed by atoms with van der Waals surface area (Å²) in [6, 6.07) is 8.26. The maximum Gasteiger partial charge on any atom is 0.170 e. The van der Waals surface area contributed by atoms with Gasteiger partial charge in [-0.3, -0.25) is 0 Å². The van der Waals surface area contributed by atoms with Crippen molar-refractivity contribution in [1.82, 2.24) is 5.32 Å². The highest BCUT2D eigenvalue weighted by Gasteiger charge is 2.06. The average molecular weight is 278 g/mol. The van der Waals surface area contributed by atoms with Crippen LogP contribution in [0.2, 0.25) is 0 Å². The summed E-state index contributed by atoms with van der Waals surface area (Å²) < 4.78 is 0. The van der Waals surface area contributed by atoms with E-state index in [0.29, 0.717) is 0 Å². The third-order valence-corrected chi connectivity index (χ3v) is 3.62. The fourth-order valence-corrected chi connectivity index (χ4v) is 2.28. The number of benzene rings is 1. The van der Waals surface area contributed by atoms with Gasteiger partial charge in [-0.1, -0.05) is 45.2 Å².